The molecule has 7 nitrogen and oxygen atoms in total. The van der Waals surface area contributed by atoms with Gasteiger partial charge in [0.15, 0.2) is 0 Å². The molecule has 2 aromatic rings. The maximum Gasteiger partial charge on any atom is 1.00 e. The largest absolute Gasteiger partial charge is 1.00 e. The van der Waals surface area contributed by atoms with E-state index >= 15 is 0 Å². The number of aromatic nitrogens is 2. The Kier molecular flexibility index (Phi) is 7.69. The first-order valence-corrected chi connectivity index (χ1v) is 7.89. The first kappa shape index (κ1) is 19.8. The number of para-hydroxylation sites is 1. The molecule has 0 saturated carbocycles. The summed E-state index contributed by atoms with van der Waals surface area (Å²) in [6.07, 6.45) is 1.53. The van der Waals surface area contributed by atoms with E-state index in [1.54, 1.807) is 35.2 Å². The van der Waals surface area contributed by atoms with E-state index in [2.05, 4.69) is 4.98 Å². The van der Waals surface area contributed by atoms with Crippen LogP contribution in [0, 0.1) is 0 Å². The van der Waals surface area contributed by atoms with Gasteiger partial charge in [-0.2, -0.15) is 13.4 Å². The van der Waals surface area contributed by atoms with E-state index in [1.165, 1.54) is 10.8 Å². The van der Waals surface area contributed by atoms with Gasteiger partial charge in [-0.1, -0.05) is 18.2 Å². The van der Waals surface area contributed by atoms with Gasteiger partial charge >= 0.3 is 61.5 Å². The Bertz CT molecular complexity index is 709. The third-order valence-electron chi connectivity index (χ3n) is 3.00. The maximum absolute atomic E-state index is 11.5. The summed E-state index contributed by atoms with van der Waals surface area (Å²) >= 11 is 0. The number of aliphatic hydroxyl groups is 1. The van der Waals surface area contributed by atoms with Crippen LogP contribution in [0.1, 0.15) is 8.35 Å². The number of rotatable bonds is 6. The fourth-order valence-corrected chi connectivity index (χ4v) is 2.63. The molecule has 9 heteroatoms. The topological polar surface area (TPSA) is 95.7 Å². The standard InChI is InChI=1S/C13H17N3O4S.K.H/c1-2-15(8-9-17)12-10-16(11-6-4-3-5-7-11)13(14-12)21(18,19)20;;/h3-7,10,17H,2,8-9H2,1H3,(H,18,19,20);;/q;+1;-1. The second kappa shape index (κ2) is 8.55. The zero-order valence-corrected chi connectivity index (χ0v) is 16.5. The molecule has 0 aliphatic carbocycles. The van der Waals surface area contributed by atoms with E-state index in [-0.39, 0.29) is 59.4 Å². The molecule has 0 bridgehead atoms. The SMILES string of the molecule is CCN(CCO)c1cn(-c2ccccc2)c(S(=O)(=O)O)n1.[H-].[K+]. The molecule has 0 fully saturated rings. The second-order valence-corrected chi connectivity index (χ2v) is 5.68. The molecule has 1 aromatic carbocycles. The van der Waals surface area contributed by atoms with Crippen LogP contribution in [0.4, 0.5) is 5.82 Å². The van der Waals surface area contributed by atoms with E-state index in [0.717, 1.165) is 0 Å². The normalized spacial score (nSPS) is 11.0. The van der Waals surface area contributed by atoms with E-state index in [9.17, 15) is 13.0 Å². The van der Waals surface area contributed by atoms with E-state index < -0.39 is 15.3 Å². The molecule has 0 aliphatic heterocycles. The van der Waals surface area contributed by atoms with Crippen LogP contribution in [-0.2, 0) is 10.1 Å². The number of hydrogen-bond donors (Lipinski definition) is 2. The van der Waals surface area contributed by atoms with Gasteiger partial charge in [-0.25, -0.2) is 0 Å². The smallest absolute Gasteiger partial charge is 1.00 e. The fraction of sp³-hybridized carbons (Fsp3) is 0.308. The van der Waals surface area contributed by atoms with Crippen molar-refractivity contribution in [2.45, 2.75) is 12.1 Å². The summed E-state index contributed by atoms with van der Waals surface area (Å²) in [7, 11) is -4.45. The van der Waals surface area contributed by atoms with Gasteiger partial charge in [0.2, 0.25) is 0 Å². The van der Waals surface area contributed by atoms with Crippen molar-refractivity contribution < 1.29 is 70.9 Å². The predicted octanol–water partition coefficient (Wildman–Crippen LogP) is -1.95. The number of benzene rings is 1. The maximum atomic E-state index is 11.5. The third kappa shape index (κ3) is 4.62. The summed E-state index contributed by atoms with van der Waals surface area (Å²) in [5.41, 5.74) is 0.573. The first-order valence-electron chi connectivity index (χ1n) is 6.45. The Morgan fingerprint density at radius 1 is 1.32 bits per heavy atom. The quantitative estimate of drug-likeness (QED) is 0.464. The third-order valence-corrected chi connectivity index (χ3v) is 3.75. The molecular formula is C13H18KN3O4S. The van der Waals surface area contributed by atoms with E-state index in [4.69, 9.17) is 5.11 Å². The van der Waals surface area contributed by atoms with Crippen LogP contribution in [0.25, 0.3) is 5.69 Å². The van der Waals surface area contributed by atoms with Crippen molar-refractivity contribution in [2.75, 3.05) is 24.6 Å². The second-order valence-electron chi connectivity index (χ2n) is 4.37. The summed E-state index contributed by atoms with van der Waals surface area (Å²) in [4.78, 5) is 5.70. The van der Waals surface area contributed by atoms with Crippen molar-refractivity contribution in [1.29, 1.82) is 0 Å². The van der Waals surface area contributed by atoms with Crippen LogP contribution in [0.5, 0.6) is 0 Å². The van der Waals surface area contributed by atoms with Crippen molar-refractivity contribution >= 4 is 15.9 Å². The van der Waals surface area contributed by atoms with Crippen LogP contribution in [0.15, 0.2) is 41.7 Å². The molecule has 2 rings (SSSR count). The zero-order valence-electron chi connectivity index (χ0n) is 13.5. The van der Waals surface area contributed by atoms with Crippen molar-refractivity contribution in [2.24, 2.45) is 0 Å². The molecule has 0 saturated heterocycles. The molecule has 0 spiro atoms. The Labute approximate surface area is 173 Å². The number of imidazole rings is 1. The van der Waals surface area contributed by atoms with Gasteiger partial charge in [-0.05, 0) is 19.1 Å². The summed E-state index contributed by atoms with van der Waals surface area (Å²) < 4.78 is 33.7. The van der Waals surface area contributed by atoms with Crippen LogP contribution in [0.3, 0.4) is 0 Å². The van der Waals surface area contributed by atoms with E-state index in [1.807, 2.05) is 6.92 Å². The average Bonchev–Trinajstić information content (AvgIpc) is 2.91. The van der Waals surface area contributed by atoms with Gasteiger partial charge < -0.3 is 11.4 Å². The molecule has 0 unspecified atom stereocenters. The molecule has 116 valence electrons. The van der Waals surface area contributed by atoms with Crippen molar-refractivity contribution in [3.8, 4) is 5.69 Å². The van der Waals surface area contributed by atoms with E-state index in [0.29, 0.717) is 24.6 Å². The molecular weight excluding hydrogens is 333 g/mol. The van der Waals surface area contributed by atoms with Crippen LogP contribution >= 0.6 is 0 Å². The molecule has 0 radical (unpaired) electrons. The Morgan fingerprint density at radius 3 is 2.45 bits per heavy atom. The van der Waals surface area contributed by atoms with Crippen molar-refractivity contribution in [1.82, 2.24) is 9.55 Å². The Morgan fingerprint density at radius 2 is 1.95 bits per heavy atom. The monoisotopic (exact) mass is 351 g/mol. The van der Waals surface area contributed by atoms with Crippen LogP contribution < -0.4 is 56.3 Å². The van der Waals surface area contributed by atoms with Gasteiger partial charge in [-0.15, -0.1) is 0 Å². The fourth-order valence-electron chi connectivity index (χ4n) is 2.01. The molecule has 0 aliphatic rings. The number of likely N-dealkylation sites (N-methyl/N-ethyl adjacent to an activating group) is 1. The van der Waals surface area contributed by atoms with Gasteiger partial charge in [0.25, 0.3) is 5.16 Å². The van der Waals surface area contributed by atoms with Crippen LogP contribution in [0.2, 0.25) is 0 Å². The molecule has 2 N–H and O–H groups in total. The van der Waals surface area contributed by atoms with Crippen LogP contribution in [-0.4, -0.2) is 47.3 Å². The zero-order chi connectivity index (χ0) is 15.5. The summed E-state index contributed by atoms with van der Waals surface area (Å²) in [6, 6.07) is 8.74. The van der Waals surface area contributed by atoms with Gasteiger partial charge in [0.05, 0.1) is 12.8 Å². The summed E-state index contributed by atoms with van der Waals surface area (Å²) in [5.74, 6) is 0.378. The average molecular weight is 351 g/mol. The minimum absolute atomic E-state index is 0. The summed E-state index contributed by atoms with van der Waals surface area (Å²) in [6.45, 7) is 2.67. The molecule has 22 heavy (non-hydrogen) atoms. The number of nitrogens with zero attached hydrogens (tertiary/aromatic N) is 3. The first-order chi connectivity index (χ1) is 9.97. The molecule has 0 atom stereocenters. The predicted molar refractivity (Wildman–Crippen MR) is 79.5 cm³/mol. The molecule has 1 heterocycles. The van der Waals surface area contributed by atoms with Gasteiger partial charge in [0.1, 0.15) is 5.82 Å². The Hall–Kier alpha value is -0.264. The minimum atomic E-state index is -4.45. The number of aliphatic hydroxyl groups excluding tert-OH is 1. The Balaban J connectivity index is 0.00000242. The number of anilines is 1. The molecule has 0 amide bonds. The van der Waals surface area contributed by atoms with Gasteiger partial charge in [-0.3, -0.25) is 9.12 Å². The van der Waals surface area contributed by atoms with Crippen molar-refractivity contribution in [3.05, 3.63) is 36.5 Å². The number of hydrogen-bond acceptors (Lipinski definition) is 5. The van der Waals surface area contributed by atoms with Crippen molar-refractivity contribution in [3.63, 3.8) is 0 Å². The molecule has 1 aromatic heterocycles. The van der Waals surface area contributed by atoms with Gasteiger partial charge in [0, 0.05) is 18.8 Å². The minimum Gasteiger partial charge on any atom is -1.00 e. The summed E-state index contributed by atoms with van der Waals surface area (Å²) in [5, 5.41) is 8.59.